The Morgan fingerprint density at radius 3 is 2.27 bits per heavy atom. The van der Waals surface area contributed by atoms with Crippen LogP contribution in [0.4, 0.5) is 5.69 Å². The van der Waals surface area contributed by atoms with Crippen LogP contribution in [0.5, 0.6) is 11.5 Å². The van der Waals surface area contributed by atoms with Crippen molar-refractivity contribution in [3.05, 3.63) is 66.2 Å². The van der Waals surface area contributed by atoms with Gasteiger partial charge in [-0.15, -0.1) is 0 Å². The fourth-order valence-electron chi connectivity index (χ4n) is 3.73. The number of anilines is 1. The van der Waals surface area contributed by atoms with E-state index < -0.39 is 6.04 Å². The maximum absolute atomic E-state index is 13.2. The SMILES string of the molecule is COc1ccc(C(=O)NC(C(=O)Nc2cc3oc4ccccc4c3cc2OC)C(C)C)cc1. The molecule has 4 rings (SSSR count). The zero-order chi connectivity index (χ0) is 23.5. The fourth-order valence-corrected chi connectivity index (χ4v) is 3.73. The number of furan rings is 1. The first-order valence-electron chi connectivity index (χ1n) is 10.7. The van der Waals surface area contributed by atoms with Crippen molar-refractivity contribution in [2.24, 2.45) is 5.92 Å². The van der Waals surface area contributed by atoms with E-state index in [2.05, 4.69) is 10.6 Å². The smallest absolute Gasteiger partial charge is 0.251 e. The van der Waals surface area contributed by atoms with Crippen molar-refractivity contribution in [1.82, 2.24) is 5.32 Å². The monoisotopic (exact) mass is 446 g/mol. The zero-order valence-electron chi connectivity index (χ0n) is 19.0. The highest BCUT2D eigenvalue weighted by Crippen LogP contribution is 2.36. The summed E-state index contributed by atoms with van der Waals surface area (Å²) in [6.07, 6.45) is 0. The van der Waals surface area contributed by atoms with E-state index in [4.69, 9.17) is 13.9 Å². The third-order valence-corrected chi connectivity index (χ3v) is 5.54. The van der Waals surface area contributed by atoms with Crippen molar-refractivity contribution < 1.29 is 23.5 Å². The molecule has 0 radical (unpaired) electrons. The summed E-state index contributed by atoms with van der Waals surface area (Å²) >= 11 is 0. The van der Waals surface area contributed by atoms with Gasteiger partial charge in [-0.05, 0) is 42.3 Å². The van der Waals surface area contributed by atoms with Crippen LogP contribution in [0.3, 0.4) is 0 Å². The summed E-state index contributed by atoms with van der Waals surface area (Å²) in [5.74, 6) is 0.323. The number of carbonyl (C=O) groups is 2. The van der Waals surface area contributed by atoms with Gasteiger partial charge in [-0.3, -0.25) is 9.59 Å². The third kappa shape index (κ3) is 4.48. The summed E-state index contributed by atoms with van der Waals surface area (Å²) in [7, 11) is 3.11. The highest BCUT2D eigenvalue weighted by atomic mass is 16.5. The van der Waals surface area contributed by atoms with Gasteiger partial charge in [-0.1, -0.05) is 32.0 Å². The lowest BCUT2D eigenvalue weighted by molar-refractivity contribution is -0.118. The molecule has 7 heteroatoms. The summed E-state index contributed by atoms with van der Waals surface area (Å²) < 4.78 is 16.6. The number of ether oxygens (including phenoxy) is 2. The summed E-state index contributed by atoms with van der Waals surface area (Å²) in [6.45, 7) is 3.75. The molecule has 0 aliphatic heterocycles. The number of rotatable bonds is 7. The van der Waals surface area contributed by atoms with Crippen molar-refractivity contribution in [2.45, 2.75) is 19.9 Å². The maximum Gasteiger partial charge on any atom is 0.251 e. The lowest BCUT2D eigenvalue weighted by atomic mass is 10.0. The largest absolute Gasteiger partial charge is 0.497 e. The van der Waals surface area contributed by atoms with Crippen LogP contribution in [0.2, 0.25) is 0 Å². The molecular weight excluding hydrogens is 420 g/mol. The highest BCUT2D eigenvalue weighted by molar-refractivity contribution is 6.08. The van der Waals surface area contributed by atoms with Crippen molar-refractivity contribution >= 4 is 39.4 Å². The number of hydrogen-bond acceptors (Lipinski definition) is 5. The van der Waals surface area contributed by atoms with Gasteiger partial charge in [-0.25, -0.2) is 0 Å². The molecule has 0 aliphatic carbocycles. The zero-order valence-corrected chi connectivity index (χ0v) is 19.0. The Bertz CT molecular complexity index is 1310. The minimum atomic E-state index is -0.754. The molecule has 2 N–H and O–H groups in total. The Labute approximate surface area is 191 Å². The molecule has 0 saturated carbocycles. The Morgan fingerprint density at radius 2 is 1.61 bits per heavy atom. The predicted molar refractivity (Wildman–Crippen MR) is 128 cm³/mol. The van der Waals surface area contributed by atoms with Gasteiger partial charge >= 0.3 is 0 Å². The lowest BCUT2D eigenvalue weighted by Crippen LogP contribution is -2.47. The molecule has 0 bridgehead atoms. The average molecular weight is 447 g/mol. The normalized spacial score (nSPS) is 12.0. The number of methoxy groups -OCH3 is 2. The fraction of sp³-hybridized carbons (Fsp3) is 0.231. The molecule has 33 heavy (non-hydrogen) atoms. The van der Waals surface area contributed by atoms with Crippen LogP contribution in [0.15, 0.2) is 65.1 Å². The van der Waals surface area contributed by atoms with Gasteiger partial charge in [-0.2, -0.15) is 0 Å². The second-order valence-corrected chi connectivity index (χ2v) is 8.06. The lowest BCUT2D eigenvalue weighted by Gasteiger charge is -2.22. The number of benzene rings is 3. The van der Waals surface area contributed by atoms with E-state index in [9.17, 15) is 9.59 Å². The molecule has 2 amide bonds. The van der Waals surface area contributed by atoms with E-state index in [1.54, 1.807) is 44.6 Å². The minimum Gasteiger partial charge on any atom is -0.497 e. The quantitative estimate of drug-likeness (QED) is 0.417. The van der Waals surface area contributed by atoms with E-state index >= 15 is 0 Å². The summed E-state index contributed by atoms with van der Waals surface area (Å²) in [6, 6.07) is 17.3. The Kier molecular flexibility index (Phi) is 6.22. The van der Waals surface area contributed by atoms with Crippen molar-refractivity contribution in [1.29, 1.82) is 0 Å². The van der Waals surface area contributed by atoms with E-state index in [-0.39, 0.29) is 17.7 Å². The van der Waals surface area contributed by atoms with E-state index in [1.807, 2.05) is 44.2 Å². The molecule has 7 nitrogen and oxygen atoms in total. The van der Waals surface area contributed by atoms with Gasteiger partial charge in [0.05, 0.1) is 19.9 Å². The molecule has 0 saturated heterocycles. The van der Waals surface area contributed by atoms with Crippen molar-refractivity contribution in [3.63, 3.8) is 0 Å². The Balaban J connectivity index is 1.58. The van der Waals surface area contributed by atoms with Crippen LogP contribution in [-0.4, -0.2) is 32.1 Å². The molecule has 0 spiro atoms. The van der Waals surface area contributed by atoms with Gasteiger partial charge in [0.2, 0.25) is 5.91 Å². The van der Waals surface area contributed by atoms with Crippen molar-refractivity contribution in [3.8, 4) is 11.5 Å². The predicted octanol–water partition coefficient (Wildman–Crippen LogP) is 5.00. The molecule has 1 atom stereocenters. The summed E-state index contributed by atoms with van der Waals surface area (Å²) in [5.41, 5.74) is 2.30. The number of hydrogen-bond donors (Lipinski definition) is 2. The Hall–Kier alpha value is -4.00. The van der Waals surface area contributed by atoms with Crippen LogP contribution in [0.25, 0.3) is 21.9 Å². The van der Waals surface area contributed by atoms with Crippen LogP contribution >= 0.6 is 0 Å². The minimum absolute atomic E-state index is 0.145. The first-order valence-corrected chi connectivity index (χ1v) is 10.7. The van der Waals surface area contributed by atoms with Crippen LogP contribution in [0.1, 0.15) is 24.2 Å². The van der Waals surface area contributed by atoms with E-state index in [0.29, 0.717) is 28.3 Å². The second kappa shape index (κ2) is 9.24. The third-order valence-electron chi connectivity index (χ3n) is 5.54. The van der Waals surface area contributed by atoms with Crippen LogP contribution < -0.4 is 20.1 Å². The molecule has 170 valence electrons. The highest BCUT2D eigenvalue weighted by Gasteiger charge is 2.26. The number of carbonyl (C=O) groups excluding carboxylic acids is 2. The van der Waals surface area contributed by atoms with E-state index in [0.717, 1.165) is 16.4 Å². The molecule has 1 unspecified atom stereocenters. The molecule has 1 aromatic heterocycles. The van der Waals surface area contributed by atoms with Gasteiger partial charge < -0.3 is 24.5 Å². The van der Waals surface area contributed by atoms with Crippen LogP contribution in [-0.2, 0) is 4.79 Å². The molecule has 1 heterocycles. The van der Waals surface area contributed by atoms with Crippen LogP contribution in [0, 0.1) is 5.92 Å². The average Bonchev–Trinajstić information content (AvgIpc) is 3.18. The van der Waals surface area contributed by atoms with Gasteiger partial charge in [0, 0.05) is 22.4 Å². The molecule has 3 aromatic carbocycles. The standard InChI is InChI=1S/C26H26N2O5/c1-15(2)24(28-25(29)16-9-11-17(31-3)12-10-16)26(30)27-20-14-22-19(13-23(20)32-4)18-7-5-6-8-21(18)33-22/h5-15,24H,1-4H3,(H,27,30)(H,28,29). The van der Waals surface area contributed by atoms with Gasteiger partial charge in [0.1, 0.15) is 28.7 Å². The number of fused-ring (bicyclic) bond motifs is 3. The number of para-hydroxylation sites is 1. The van der Waals surface area contributed by atoms with E-state index in [1.165, 1.54) is 0 Å². The van der Waals surface area contributed by atoms with Gasteiger partial charge in [0.15, 0.2) is 0 Å². The Morgan fingerprint density at radius 1 is 0.879 bits per heavy atom. The van der Waals surface area contributed by atoms with Gasteiger partial charge in [0.25, 0.3) is 5.91 Å². The second-order valence-electron chi connectivity index (χ2n) is 8.06. The first-order chi connectivity index (χ1) is 15.9. The molecule has 0 aliphatic rings. The number of amides is 2. The van der Waals surface area contributed by atoms with Crippen molar-refractivity contribution in [2.75, 3.05) is 19.5 Å². The first kappa shape index (κ1) is 22.2. The summed E-state index contributed by atoms with van der Waals surface area (Å²) in [5, 5.41) is 7.59. The number of nitrogens with one attached hydrogen (secondary N) is 2. The molecule has 0 fully saturated rings. The summed E-state index contributed by atoms with van der Waals surface area (Å²) in [4.78, 5) is 25.9. The molecular formula is C26H26N2O5. The topological polar surface area (TPSA) is 89.8 Å². The maximum atomic E-state index is 13.2. The molecule has 4 aromatic rings.